The summed E-state index contributed by atoms with van der Waals surface area (Å²) >= 11 is 1.96. The van der Waals surface area contributed by atoms with Crippen molar-refractivity contribution in [1.82, 2.24) is 10.2 Å². The Morgan fingerprint density at radius 3 is 2.23 bits per heavy atom. The zero-order valence-corrected chi connectivity index (χ0v) is 15.8. The van der Waals surface area contributed by atoms with Crippen molar-refractivity contribution < 1.29 is 0 Å². The molecule has 0 radical (unpaired) electrons. The molecule has 0 aliphatic rings. The van der Waals surface area contributed by atoms with Crippen molar-refractivity contribution in [1.29, 1.82) is 0 Å². The SMILES string of the molecule is CC(C)CCN(C)CC[C@H](CSc1ccccc1)NC(C)C. The lowest BCUT2D eigenvalue weighted by atomic mass is 10.1. The van der Waals surface area contributed by atoms with Gasteiger partial charge in [-0.15, -0.1) is 11.8 Å². The van der Waals surface area contributed by atoms with Crippen LogP contribution in [-0.4, -0.2) is 42.9 Å². The van der Waals surface area contributed by atoms with Gasteiger partial charge in [-0.25, -0.2) is 0 Å². The minimum atomic E-state index is 0.544. The zero-order chi connectivity index (χ0) is 16.4. The topological polar surface area (TPSA) is 15.3 Å². The molecule has 3 heteroatoms. The van der Waals surface area contributed by atoms with Gasteiger partial charge in [0.25, 0.3) is 0 Å². The molecule has 1 aromatic carbocycles. The smallest absolute Gasteiger partial charge is 0.0176 e. The highest BCUT2D eigenvalue weighted by atomic mass is 32.2. The Labute approximate surface area is 142 Å². The molecule has 0 spiro atoms. The third kappa shape index (κ3) is 9.50. The average Bonchev–Trinajstić information content (AvgIpc) is 2.48. The van der Waals surface area contributed by atoms with Gasteiger partial charge in [-0.3, -0.25) is 0 Å². The summed E-state index contributed by atoms with van der Waals surface area (Å²) in [4.78, 5) is 3.84. The van der Waals surface area contributed by atoms with Gasteiger partial charge in [-0.1, -0.05) is 45.9 Å². The quantitative estimate of drug-likeness (QED) is 0.603. The maximum absolute atomic E-state index is 3.72. The molecule has 2 nitrogen and oxygen atoms in total. The average molecular weight is 323 g/mol. The van der Waals surface area contributed by atoms with Gasteiger partial charge in [0.15, 0.2) is 0 Å². The fourth-order valence-corrected chi connectivity index (χ4v) is 3.37. The van der Waals surface area contributed by atoms with Crippen LogP contribution in [0.4, 0.5) is 0 Å². The third-order valence-electron chi connectivity index (χ3n) is 3.71. The van der Waals surface area contributed by atoms with E-state index in [1.165, 1.54) is 30.8 Å². The highest BCUT2D eigenvalue weighted by molar-refractivity contribution is 7.99. The van der Waals surface area contributed by atoms with E-state index in [4.69, 9.17) is 0 Å². The Hall–Kier alpha value is -0.510. The Kier molecular flexibility index (Phi) is 9.85. The fourth-order valence-electron chi connectivity index (χ4n) is 2.37. The normalized spacial score (nSPS) is 13.3. The summed E-state index contributed by atoms with van der Waals surface area (Å²) in [6.07, 6.45) is 2.50. The summed E-state index contributed by atoms with van der Waals surface area (Å²) in [5.41, 5.74) is 0. The first-order valence-corrected chi connectivity index (χ1v) is 9.58. The Morgan fingerprint density at radius 2 is 1.64 bits per heavy atom. The van der Waals surface area contributed by atoms with E-state index in [2.05, 4.69) is 75.3 Å². The molecule has 22 heavy (non-hydrogen) atoms. The van der Waals surface area contributed by atoms with E-state index in [1.807, 2.05) is 11.8 Å². The van der Waals surface area contributed by atoms with Crippen molar-refractivity contribution in [3.05, 3.63) is 30.3 Å². The van der Waals surface area contributed by atoms with Crippen LogP contribution in [0.3, 0.4) is 0 Å². The lowest BCUT2D eigenvalue weighted by Crippen LogP contribution is -2.39. The third-order valence-corrected chi connectivity index (χ3v) is 4.89. The summed E-state index contributed by atoms with van der Waals surface area (Å²) in [6, 6.07) is 11.8. The van der Waals surface area contributed by atoms with Crippen molar-refractivity contribution in [3.63, 3.8) is 0 Å². The van der Waals surface area contributed by atoms with Gasteiger partial charge in [-0.2, -0.15) is 0 Å². The summed E-state index contributed by atoms with van der Waals surface area (Å²) in [5, 5.41) is 3.72. The monoisotopic (exact) mass is 322 g/mol. The van der Waals surface area contributed by atoms with Crippen LogP contribution < -0.4 is 5.32 Å². The summed E-state index contributed by atoms with van der Waals surface area (Å²) in [5.74, 6) is 1.93. The van der Waals surface area contributed by atoms with Crippen LogP contribution in [0.1, 0.15) is 40.5 Å². The molecule has 1 rings (SSSR count). The molecule has 0 aliphatic carbocycles. The Morgan fingerprint density at radius 1 is 1.00 bits per heavy atom. The van der Waals surface area contributed by atoms with Gasteiger partial charge in [0.2, 0.25) is 0 Å². The highest BCUT2D eigenvalue weighted by Gasteiger charge is 2.12. The molecular weight excluding hydrogens is 288 g/mol. The van der Waals surface area contributed by atoms with Crippen LogP contribution in [0.2, 0.25) is 0 Å². The number of nitrogens with one attached hydrogen (secondary N) is 1. The lowest BCUT2D eigenvalue weighted by Gasteiger charge is -2.24. The van der Waals surface area contributed by atoms with Crippen LogP contribution in [0, 0.1) is 5.92 Å². The number of hydrogen-bond donors (Lipinski definition) is 1. The van der Waals surface area contributed by atoms with E-state index in [9.17, 15) is 0 Å². The van der Waals surface area contributed by atoms with Crippen LogP contribution in [0.15, 0.2) is 35.2 Å². The van der Waals surface area contributed by atoms with E-state index in [0.29, 0.717) is 12.1 Å². The summed E-state index contributed by atoms with van der Waals surface area (Å²) < 4.78 is 0. The molecule has 0 saturated heterocycles. The first-order valence-electron chi connectivity index (χ1n) is 8.59. The van der Waals surface area contributed by atoms with Gasteiger partial charge in [-0.05, 0) is 51.0 Å². The van der Waals surface area contributed by atoms with Crippen molar-refractivity contribution in [3.8, 4) is 0 Å². The molecular formula is C19H34N2S. The number of nitrogens with zero attached hydrogens (tertiary/aromatic N) is 1. The molecule has 1 atom stereocenters. The van der Waals surface area contributed by atoms with Crippen molar-refractivity contribution >= 4 is 11.8 Å². The number of hydrogen-bond acceptors (Lipinski definition) is 3. The van der Waals surface area contributed by atoms with Crippen molar-refractivity contribution in [2.45, 2.75) is 57.5 Å². The van der Waals surface area contributed by atoms with Crippen LogP contribution >= 0.6 is 11.8 Å². The lowest BCUT2D eigenvalue weighted by molar-refractivity contribution is 0.290. The van der Waals surface area contributed by atoms with E-state index in [0.717, 1.165) is 11.7 Å². The van der Waals surface area contributed by atoms with Crippen molar-refractivity contribution in [2.75, 3.05) is 25.9 Å². The maximum Gasteiger partial charge on any atom is 0.0176 e. The molecule has 0 aromatic heterocycles. The molecule has 0 bridgehead atoms. The van der Waals surface area contributed by atoms with Gasteiger partial charge in [0, 0.05) is 22.7 Å². The van der Waals surface area contributed by atoms with Crippen LogP contribution in [0.5, 0.6) is 0 Å². The number of thioether (sulfide) groups is 1. The second-order valence-corrected chi connectivity index (χ2v) is 8.01. The predicted octanol–water partition coefficient (Wildman–Crippen LogP) is 4.51. The number of benzene rings is 1. The van der Waals surface area contributed by atoms with E-state index in [-0.39, 0.29) is 0 Å². The summed E-state index contributed by atoms with van der Waals surface area (Å²) in [7, 11) is 2.25. The first-order chi connectivity index (χ1) is 10.5. The van der Waals surface area contributed by atoms with Gasteiger partial charge < -0.3 is 10.2 Å². The van der Waals surface area contributed by atoms with Crippen LogP contribution in [-0.2, 0) is 0 Å². The largest absolute Gasteiger partial charge is 0.311 e. The minimum absolute atomic E-state index is 0.544. The molecule has 0 fully saturated rings. The van der Waals surface area contributed by atoms with E-state index in [1.54, 1.807) is 0 Å². The second-order valence-electron chi connectivity index (χ2n) is 6.92. The minimum Gasteiger partial charge on any atom is -0.311 e. The molecule has 126 valence electrons. The standard InChI is InChI=1S/C19H34N2S/c1-16(2)11-13-21(5)14-12-18(20-17(3)4)15-22-19-9-7-6-8-10-19/h6-10,16-18,20H,11-15H2,1-5H3/t18-/m1/s1. The number of rotatable bonds is 11. The molecule has 0 amide bonds. The van der Waals surface area contributed by atoms with Crippen LogP contribution in [0.25, 0.3) is 0 Å². The highest BCUT2D eigenvalue weighted by Crippen LogP contribution is 2.19. The second kappa shape index (κ2) is 11.1. The predicted molar refractivity (Wildman–Crippen MR) is 101 cm³/mol. The molecule has 0 heterocycles. The van der Waals surface area contributed by atoms with E-state index < -0.39 is 0 Å². The molecule has 1 N–H and O–H groups in total. The molecule has 0 aliphatic heterocycles. The molecule has 1 aromatic rings. The van der Waals surface area contributed by atoms with Crippen molar-refractivity contribution in [2.24, 2.45) is 5.92 Å². The Bertz CT molecular complexity index is 378. The fraction of sp³-hybridized carbons (Fsp3) is 0.684. The summed E-state index contributed by atoms with van der Waals surface area (Å²) in [6.45, 7) is 11.5. The molecule has 0 saturated carbocycles. The Balaban J connectivity index is 2.36. The first kappa shape index (κ1) is 19.5. The zero-order valence-electron chi connectivity index (χ0n) is 15.0. The van der Waals surface area contributed by atoms with Gasteiger partial charge in [0.1, 0.15) is 0 Å². The maximum atomic E-state index is 3.72. The molecule has 0 unspecified atom stereocenters. The van der Waals surface area contributed by atoms with E-state index >= 15 is 0 Å². The van der Waals surface area contributed by atoms with Gasteiger partial charge >= 0.3 is 0 Å². The van der Waals surface area contributed by atoms with Gasteiger partial charge in [0.05, 0.1) is 0 Å².